The summed E-state index contributed by atoms with van der Waals surface area (Å²) in [5, 5.41) is 0. The molecule has 27 heavy (non-hydrogen) atoms. The largest absolute Gasteiger partial charge is 0.458 e. The van der Waals surface area contributed by atoms with Crippen LogP contribution in [0, 0.1) is 6.92 Å². The predicted molar refractivity (Wildman–Crippen MR) is 109 cm³/mol. The highest BCUT2D eigenvalue weighted by Gasteiger charge is 2.15. The van der Waals surface area contributed by atoms with E-state index in [9.17, 15) is 4.79 Å². The van der Waals surface area contributed by atoms with Crippen molar-refractivity contribution in [1.29, 1.82) is 0 Å². The molecule has 1 aromatic heterocycles. The van der Waals surface area contributed by atoms with Crippen molar-refractivity contribution in [3.8, 4) is 0 Å². The lowest BCUT2D eigenvalue weighted by molar-refractivity contribution is 0.0371. The van der Waals surface area contributed by atoms with E-state index >= 15 is 0 Å². The molecular formula is C23H28N2O2. The van der Waals surface area contributed by atoms with E-state index in [1.807, 2.05) is 26.0 Å². The molecule has 0 radical (unpaired) electrons. The van der Waals surface area contributed by atoms with E-state index in [1.165, 1.54) is 18.4 Å². The molecule has 0 N–H and O–H groups in total. The molecule has 0 atom stereocenters. The normalized spacial score (nSPS) is 15.3. The molecule has 0 aliphatic carbocycles. The van der Waals surface area contributed by atoms with Gasteiger partial charge in [-0.15, -0.1) is 0 Å². The molecular weight excluding hydrogens is 336 g/mol. The van der Waals surface area contributed by atoms with Crippen molar-refractivity contribution in [3.05, 3.63) is 71.1 Å². The standard InChI is InChI=1S/C23H28N2O2/c1-17(2)27-23(26)22-8-6-7-21(24-22)20(13-16-25-14-4-5-15-25)19-11-9-18(3)10-12-19/h6-13,17H,4-5,14-16H2,1-3H3/b20-13+. The molecule has 3 rings (SSSR count). The Hall–Kier alpha value is -2.46. The number of aromatic nitrogens is 1. The molecule has 142 valence electrons. The molecule has 1 fully saturated rings. The van der Waals surface area contributed by atoms with Gasteiger partial charge in [-0.25, -0.2) is 9.78 Å². The van der Waals surface area contributed by atoms with Gasteiger partial charge in [-0.1, -0.05) is 42.0 Å². The molecule has 1 aromatic carbocycles. The SMILES string of the molecule is Cc1ccc(/C(=C\CN2CCCC2)c2cccc(C(=O)OC(C)C)n2)cc1. The average molecular weight is 364 g/mol. The number of carbonyl (C=O) groups excluding carboxylic acids is 1. The third-order valence-electron chi connectivity index (χ3n) is 4.69. The summed E-state index contributed by atoms with van der Waals surface area (Å²) in [7, 11) is 0. The summed E-state index contributed by atoms with van der Waals surface area (Å²) in [4.78, 5) is 19.3. The molecule has 1 aliphatic rings. The van der Waals surface area contributed by atoms with E-state index < -0.39 is 0 Å². The van der Waals surface area contributed by atoms with E-state index in [-0.39, 0.29) is 12.1 Å². The number of nitrogens with zero attached hydrogens (tertiary/aromatic N) is 2. The molecule has 0 unspecified atom stereocenters. The van der Waals surface area contributed by atoms with Crippen LogP contribution in [0.15, 0.2) is 48.5 Å². The van der Waals surface area contributed by atoms with Crippen molar-refractivity contribution in [1.82, 2.24) is 9.88 Å². The fraction of sp³-hybridized carbons (Fsp3) is 0.391. The van der Waals surface area contributed by atoms with Gasteiger partial charge in [0.05, 0.1) is 11.8 Å². The fourth-order valence-corrected chi connectivity index (χ4v) is 3.26. The first-order chi connectivity index (χ1) is 13.0. The third-order valence-corrected chi connectivity index (χ3v) is 4.69. The zero-order chi connectivity index (χ0) is 19.2. The van der Waals surface area contributed by atoms with Crippen LogP contribution in [-0.2, 0) is 4.74 Å². The van der Waals surface area contributed by atoms with Crippen molar-refractivity contribution in [2.45, 2.75) is 39.7 Å². The molecule has 4 heteroatoms. The number of carbonyl (C=O) groups is 1. The van der Waals surface area contributed by atoms with Gasteiger partial charge in [0.1, 0.15) is 5.69 Å². The molecule has 0 amide bonds. The highest BCUT2D eigenvalue weighted by molar-refractivity contribution is 5.88. The van der Waals surface area contributed by atoms with Crippen LogP contribution in [-0.4, -0.2) is 41.6 Å². The van der Waals surface area contributed by atoms with Crippen molar-refractivity contribution in [3.63, 3.8) is 0 Å². The van der Waals surface area contributed by atoms with E-state index in [4.69, 9.17) is 4.74 Å². The maximum atomic E-state index is 12.3. The van der Waals surface area contributed by atoms with Crippen LogP contribution in [0.1, 0.15) is 54.0 Å². The van der Waals surface area contributed by atoms with Gasteiger partial charge in [0, 0.05) is 12.1 Å². The molecule has 4 nitrogen and oxygen atoms in total. The van der Waals surface area contributed by atoms with Gasteiger partial charge in [0.25, 0.3) is 0 Å². The van der Waals surface area contributed by atoms with Crippen molar-refractivity contribution >= 4 is 11.5 Å². The summed E-state index contributed by atoms with van der Waals surface area (Å²) in [5.41, 5.74) is 4.54. The Kier molecular flexibility index (Phi) is 6.40. The molecule has 1 saturated heterocycles. The maximum Gasteiger partial charge on any atom is 0.357 e. The number of pyridine rings is 1. The molecule has 2 aromatic rings. The van der Waals surface area contributed by atoms with Gasteiger partial charge in [0.15, 0.2) is 0 Å². The molecule has 0 spiro atoms. The van der Waals surface area contributed by atoms with Crippen LogP contribution in [0.4, 0.5) is 0 Å². The highest BCUT2D eigenvalue weighted by Crippen LogP contribution is 2.23. The average Bonchev–Trinajstić information content (AvgIpc) is 3.16. The van der Waals surface area contributed by atoms with Crippen LogP contribution < -0.4 is 0 Å². The number of benzene rings is 1. The Morgan fingerprint density at radius 3 is 2.44 bits per heavy atom. The topological polar surface area (TPSA) is 42.4 Å². The van der Waals surface area contributed by atoms with E-state index in [2.05, 4.69) is 47.1 Å². The lowest BCUT2D eigenvalue weighted by Crippen LogP contribution is -2.19. The summed E-state index contributed by atoms with van der Waals surface area (Å²) >= 11 is 0. The summed E-state index contributed by atoms with van der Waals surface area (Å²) < 4.78 is 5.30. The van der Waals surface area contributed by atoms with Gasteiger partial charge in [-0.2, -0.15) is 0 Å². The Labute approximate surface area is 161 Å². The first-order valence-electron chi connectivity index (χ1n) is 9.71. The van der Waals surface area contributed by atoms with Gasteiger partial charge in [-0.05, 0) is 64.4 Å². The van der Waals surface area contributed by atoms with Crippen molar-refractivity contribution in [2.24, 2.45) is 0 Å². The Morgan fingerprint density at radius 1 is 1.11 bits per heavy atom. The Bertz CT molecular complexity index is 803. The minimum absolute atomic E-state index is 0.162. The monoisotopic (exact) mass is 364 g/mol. The van der Waals surface area contributed by atoms with E-state index in [0.29, 0.717) is 5.69 Å². The molecule has 0 saturated carbocycles. The molecule has 0 bridgehead atoms. The first kappa shape index (κ1) is 19.3. The number of esters is 1. The van der Waals surface area contributed by atoms with Gasteiger partial charge < -0.3 is 4.74 Å². The van der Waals surface area contributed by atoms with Crippen molar-refractivity contribution in [2.75, 3.05) is 19.6 Å². The van der Waals surface area contributed by atoms with Gasteiger partial charge >= 0.3 is 5.97 Å². The molecule has 2 heterocycles. The Balaban J connectivity index is 1.93. The number of ether oxygens (including phenoxy) is 1. The fourth-order valence-electron chi connectivity index (χ4n) is 3.26. The maximum absolute atomic E-state index is 12.3. The smallest absolute Gasteiger partial charge is 0.357 e. The van der Waals surface area contributed by atoms with E-state index in [1.54, 1.807) is 6.07 Å². The van der Waals surface area contributed by atoms with Gasteiger partial charge in [0.2, 0.25) is 0 Å². The summed E-state index contributed by atoms with van der Waals surface area (Å²) in [6, 6.07) is 14.0. The third kappa shape index (κ3) is 5.27. The Morgan fingerprint density at radius 2 is 1.78 bits per heavy atom. The minimum Gasteiger partial charge on any atom is -0.458 e. The second kappa shape index (κ2) is 8.96. The summed E-state index contributed by atoms with van der Waals surface area (Å²) in [6.07, 6.45) is 4.60. The summed E-state index contributed by atoms with van der Waals surface area (Å²) in [6.45, 7) is 8.95. The van der Waals surface area contributed by atoms with Crippen LogP contribution in [0.5, 0.6) is 0 Å². The van der Waals surface area contributed by atoms with E-state index in [0.717, 1.165) is 36.5 Å². The zero-order valence-corrected chi connectivity index (χ0v) is 16.4. The first-order valence-corrected chi connectivity index (χ1v) is 9.71. The lowest BCUT2D eigenvalue weighted by Gasteiger charge is -2.15. The van der Waals surface area contributed by atoms with Crippen LogP contribution in [0.3, 0.4) is 0 Å². The predicted octanol–water partition coefficient (Wildman–Crippen LogP) is 4.48. The quantitative estimate of drug-likeness (QED) is 0.709. The second-order valence-corrected chi connectivity index (χ2v) is 7.35. The van der Waals surface area contributed by atoms with Crippen LogP contribution >= 0.6 is 0 Å². The number of hydrogen-bond acceptors (Lipinski definition) is 4. The van der Waals surface area contributed by atoms with Crippen LogP contribution in [0.25, 0.3) is 5.57 Å². The lowest BCUT2D eigenvalue weighted by atomic mass is 10.00. The molecule has 1 aliphatic heterocycles. The number of rotatable bonds is 6. The number of hydrogen-bond donors (Lipinski definition) is 0. The minimum atomic E-state index is -0.380. The van der Waals surface area contributed by atoms with Gasteiger partial charge in [-0.3, -0.25) is 4.90 Å². The number of aryl methyl sites for hydroxylation is 1. The van der Waals surface area contributed by atoms with Crippen LogP contribution in [0.2, 0.25) is 0 Å². The number of likely N-dealkylation sites (tertiary alicyclic amines) is 1. The second-order valence-electron chi connectivity index (χ2n) is 7.35. The summed E-state index contributed by atoms with van der Waals surface area (Å²) in [5.74, 6) is -0.380. The highest BCUT2D eigenvalue weighted by atomic mass is 16.5. The van der Waals surface area contributed by atoms with Crippen molar-refractivity contribution < 1.29 is 9.53 Å². The zero-order valence-electron chi connectivity index (χ0n) is 16.4.